The molecule has 0 bridgehead atoms. The largest absolute Gasteiger partial charge is 0.385 e. The zero-order valence-electron chi connectivity index (χ0n) is 14.7. The summed E-state index contributed by atoms with van der Waals surface area (Å²) in [5.74, 6) is 0.0294. The van der Waals surface area contributed by atoms with Crippen LogP contribution in [0.5, 0.6) is 0 Å². The molecule has 0 saturated carbocycles. The van der Waals surface area contributed by atoms with Crippen LogP contribution in [0.2, 0.25) is 0 Å². The van der Waals surface area contributed by atoms with Crippen molar-refractivity contribution in [2.24, 2.45) is 0 Å². The highest BCUT2D eigenvalue weighted by atomic mass is 16.5. The second-order valence-electron chi connectivity index (χ2n) is 6.51. The molecule has 5 nitrogen and oxygen atoms in total. The third-order valence-electron chi connectivity index (χ3n) is 4.71. The number of nitrogens with zero attached hydrogens (tertiary/aromatic N) is 1. The van der Waals surface area contributed by atoms with E-state index in [9.17, 15) is 9.59 Å². The van der Waals surface area contributed by atoms with Crippen molar-refractivity contribution in [3.05, 3.63) is 35.9 Å². The molecule has 5 heteroatoms. The van der Waals surface area contributed by atoms with Crippen molar-refractivity contribution in [3.8, 4) is 0 Å². The Balaban J connectivity index is 1.88. The molecule has 1 atom stereocenters. The number of methoxy groups -OCH3 is 1. The summed E-state index contributed by atoms with van der Waals surface area (Å²) in [6.45, 7) is 3.70. The van der Waals surface area contributed by atoms with E-state index < -0.39 is 5.54 Å². The van der Waals surface area contributed by atoms with Gasteiger partial charge in [0.25, 0.3) is 0 Å². The van der Waals surface area contributed by atoms with Crippen molar-refractivity contribution in [1.82, 2.24) is 10.2 Å². The van der Waals surface area contributed by atoms with E-state index in [4.69, 9.17) is 4.74 Å². The Morgan fingerprint density at radius 3 is 2.75 bits per heavy atom. The highest BCUT2D eigenvalue weighted by Crippen LogP contribution is 2.30. The lowest BCUT2D eigenvalue weighted by Crippen LogP contribution is -2.55. The Kier molecular flexibility index (Phi) is 6.79. The van der Waals surface area contributed by atoms with Crippen LogP contribution in [-0.2, 0) is 20.7 Å². The number of rotatable bonds is 9. The van der Waals surface area contributed by atoms with Crippen LogP contribution < -0.4 is 5.32 Å². The van der Waals surface area contributed by atoms with E-state index >= 15 is 0 Å². The number of hydrogen-bond donors (Lipinski definition) is 1. The van der Waals surface area contributed by atoms with Crippen LogP contribution in [0.15, 0.2) is 30.3 Å². The van der Waals surface area contributed by atoms with Gasteiger partial charge in [-0.2, -0.15) is 0 Å². The summed E-state index contributed by atoms with van der Waals surface area (Å²) in [6, 6.07) is 10.2. The van der Waals surface area contributed by atoms with E-state index in [-0.39, 0.29) is 11.8 Å². The molecule has 0 aliphatic carbocycles. The first-order valence-corrected chi connectivity index (χ1v) is 8.69. The molecule has 2 rings (SSSR count). The van der Waals surface area contributed by atoms with E-state index in [0.717, 1.165) is 19.3 Å². The fraction of sp³-hybridized carbons (Fsp3) is 0.579. The summed E-state index contributed by atoms with van der Waals surface area (Å²) in [7, 11) is 1.65. The van der Waals surface area contributed by atoms with Gasteiger partial charge in [0.15, 0.2) is 0 Å². The van der Waals surface area contributed by atoms with Gasteiger partial charge < -0.3 is 15.0 Å². The Morgan fingerprint density at radius 1 is 1.29 bits per heavy atom. The molecular formula is C19H28N2O3. The fourth-order valence-electron chi connectivity index (χ4n) is 3.20. The molecule has 1 unspecified atom stereocenters. The maximum atomic E-state index is 12.6. The van der Waals surface area contributed by atoms with E-state index in [0.29, 0.717) is 32.5 Å². The van der Waals surface area contributed by atoms with E-state index in [1.165, 1.54) is 5.56 Å². The van der Waals surface area contributed by atoms with E-state index in [1.54, 1.807) is 12.0 Å². The highest BCUT2D eigenvalue weighted by molar-refractivity contribution is 5.94. The lowest BCUT2D eigenvalue weighted by molar-refractivity contribution is -0.140. The second kappa shape index (κ2) is 8.83. The van der Waals surface area contributed by atoms with Crippen LogP contribution in [0.1, 0.15) is 38.2 Å². The molecule has 1 N–H and O–H groups in total. The van der Waals surface area contributed by atoms with Gasteiger partial charge in [-0.1, -0.05) is 30.3 Å². The number of amides is 2. The maximum Gasteiger partial charge on any atom is 0.245 e. The van der Waals surface area contributed by atoms with Gasteiger partial charge in [0.05, 0.1) is 0 Å². The number of aryl methyl sites for hydroxylation is 1. The van der Waals surface area contributed by atoms with Crippen molar-refractivity contribution in [2.75, 3.05) is 26.8 Å². The van der Waals surface area contributed by atoms with Crippen molar-refractivity contribution in [3.63, 3.8) is 0 Å². The monoisotopic (exact) mass is 332 g/mol. The fourth-order valence-corrected chi connectivity index (χ4v) is 3.20. The molecule has 2 amide bonds. The number of carbonyl (C=O) groups excluding carboxylic acids is 2. The van der Waals surface area contributed by atoms with Crippen molar-refractivity contribution in [2.45, 2.75) is 44.6 Å². The number of likely N-dealkylation sites (tertiary alicyclic amines) is 1. The van der Waals surface area contributed by atoms with Gasteiger partial charge in [-0.15, -0.1) is 0 Å². The topological polar surface area (TPSA) is 58.6 Å². The van der Waals surface area contributed by atoms with Gasteiger partial charge in [0.1, 0.15) is 5.54 Å². The normalized spacial score (nSPS) is 20.4. The van der Waals surface area contributed by atoms with Crippen molar-refractivity contribution >= 4 is 11.8 Å². The van der Waals surface area contributed by atoms with Gasteiger partial charge in [-0.3, -0.25) is 9.59 Å². The molecule has 1 aliphatic rings. The number of carbonyl (C=O) groups is 2. The first-order chi connectivity index (χ1) is 11.6. The van der Waals surface area contributed by atoms with Gasteiger partial charge >= 0.3 is 0 Å². The van der Waals surface area contributed by atoms with Gasteiger partial charge in [0.2, 0.25) is 11.8 Å². The third-order valence-corrected chi connectivity index (χ3v) is 4.71. The maximum absolute atomic E-state index is 12.6. The summed E-state index contributed by atoms with van der Waals surface area (Å²) in [5.41, 5.74) is 0.538. The van der Waals surface area contributed by atoms with Crippen molar-refractivity contribution < 1.29 is 14.3 Å². The minimum atomic E-state index is -0.721. The molecule has 1 fully saturated rings. The number of hydrogen-bond acceptors (Lipinski definition) is 3. The summed E-state index contributed by atoms with van der Waals surface area (Å²) in [5, 5.41) is 2.95. The predicted octanol–water partition coefficient (Wildman–Crippen LogP) is 2.15. The van der Waals surface area contributed by atoms with Crippen LogP contribution in [-0.4, -0.2) is 49.1 Å². The Bertz CT molecular complexity index is 547. The Hall–Kier alpha value is -1.88. The highest BCUT2D eigenvalue weighted by Gasteiger charge is 2.46. The second-order valence-corrected chi connectivity index (χ2v) is 6.51. The molecule has 1 aliphatic heterocycles. The van der Waals surface area contributed by atoms with Crippen LogP contribution in [0, 0.1) is 0 Å². The molecule has 1 heterocycles. The van der Waals surface area contributed by atoms with Gasteiger partial charge in [0, 0.05) is 33.2 Å². The van der Waals surface area contributed by atoms with Crippen LogP contribution >= 0.6 is 0 Å². The summed E-state index contributed by atoms with van der Waals surface area (Å²) in [4.78, 5) is 26.6. The molecular weight excluding hydrogens is 304 g/mol. The summed E-state index contributed by atoms with van der Waals surface area (Å²) >= 11 is 0. The van der Waals surface area contributed by atoms with Crippen LogP contribution in [0.3, 0.4) is 0 Å². The van der Waals surface area contributed by atoms with E-state index in [2.05, 4.69) is 17.4 Å². The molecule has 1 aromatic carbocycles. The first kappa shape index (κ1) is 18.5. The molecule has 0 radical (unpaired) electrons. The zero-order valence-corrected chi connectivity index (χ0v) is 14.7. The Morgan fingerprint density at radius 2 is 2.04 bits per heavy atom. The standard InChI is InChI=1S/C19H28N2O3/c1-19(18(23)20-13-7-15-24-2)12-11-17(22)21(19)14-6-10-16-8-4-3-5-9-16/h3-5,8-9H,6-7,10-15H2,1-2H3,(H,20,23). The quantitative estimate of drug-likeness (QED) is 0.705. The SMILES string of the molecule is COCCCNC(=O)C1(C)CCC(=O)N1CCCc1ccccc1. The van der Waals surface area contributed by atoms with Gasteiger partial charge in [-0.25, -0.2) is 0 Å². The van der Waals surface area contributed by atoms with Crippen LogP contribution in [0.25, 0.3) is 0 Å². The first-order valence-electron chi connectivity index (χ1n) is 8.69. The zero-order chi connectivity index (χ0) is 17.4. The molecule has 0 spiro atoms. The summed E-state index contributed by atoms with van der Waals surface area (Å²) < 4.78 is 4.99. The predicted molar refractivity (Wildman–Crippen MR) is 93.6 cm³/mol. The van der Waals surface area contributed by atoms with Gasteiger partial charge in [-0.05, 0) is 38.2 Å². The molecule has 132 valence electrons. The lowest BCUT2D eigenvalue weighted by atomic mass is 9.97. The third kappa shape index (κ3) is 4.57. The number of benzene rings is 1. The number of ether oxygens (including phenoxy) is 1. The Labute approximate surface area is 144 Å². The average molecular weight is 332 g/mol. The lowest BCUT2D eigenvalue weighted by Gasteiger charge is -2.34. The van der Waals surface area contributed by atoms with Crippen molar-refractivity contribution in [1.29, 1.82) is 0 Å². The molecule has 1 saturated heterocycles. The molecule has 1 aromatic rings. The van der Waals surface area contributed by atoms with Crippen LogP contribution in [0.4, 0.5) is 0 Å². The minimum Gasteiger partial charge on any atom is -0.385 e. The molecule has 24 heavy (non-hydrogen) atoms. The molecule has 0 aromatic heterocycles. The minimum absolute atomic E-state index is 0.0517. The average Bonchev–Trinajstić information content (AvgIpc) is 2.89. The summed E-state index contributed by atoms with van der Waals surface area (Å²) in [6.07, 6.45) is 3.60. The van der Waals surface area contributed by atoms with E-state index in [1.807, 2.05) is 25.1 Å². The smallest absolute Gasteiger partial charge is 0.245 e. The number of nitrogens with one attached hydrogen (secondary N) is 1.